The Hall–Kier alpha value is -3.98. The lowest BCUT2D eigenvalue weighted by Gasteiger charge is -2.16. The van der Waals surface area contributed by atoms with Crippen LogP contribution < -0.4 is 10.6 Å². The number of aromatic nitrogens is 6. The minimum absolute atomic E-state index is 0.135. The molecule has 1 unspecified atom stereocenters. The predicted molar refractivity (Wildman–Crippen MR) is 131 cm³/mol. The van der Waals surface area contributed by atoms with Crippen molar-refractivity contribution in [3.8, 4) is 16.8 Å². The first kappa shape index (κ1) is 20.6. The first-order valence-electron chi connectivity index (χ1n) is 11.3. The lowest BCUT2D eigenvalue weighted by molar-refractivity contribution is 0.198. The highest BCUT2D eigenvalue weighted by atomic mass is 16.3. The molecule has 5 aromatic rings. The lowest BCUT2D eigenvalue weighted by atomic mass is 10.0. The molecule has 34 heavy (non-hydrogen) atoms. The van der Waals surface area contributed by atoms with Crippen molar-refractivity contribution in [3.05, 3.63) is 65.1 Å². The van der Waals surface area contributed by atoms with E-state index in [-0.39, 0.29) is 11.8 Å². The van der Waals surface area contributed by atoms with Gasteiger partial charge in [-0.15, -0.1) is 0 Å². The molecule has 0 amide bonds. The van der Waals surface area contributed by atoms with Crippen LogP contribution in [0.4, 0.5) is 5.82 Å². The van der Waals surface area contributed by atoms with Gasteiger partial charge in [-0.1, -0.05) is 6.07 Å². The summed E-state index contributed by atoms with van der Waals surface area (Å²) in [6.07, 6.45) is 5.96. The van der Waals surface area contributed by atoms with Gasteiger partial charge in [0.25, 0.3) is 0 Å². The highest BCUT2D eigenvalue weighted by Gasteiger charge is 2.22. The minimum atomic E-state index is -0.288. The Kier molecular flexibility index (Phi) is 4.56. The van der Waals surface area contributed by atoms with E-state index in [1.165, 1.54) is 0 Å². The molecule has 5 heterocycles. The van der Waals surface area contributed by atoms with Crippen LogP contribution in [0.1, 0.15) is 12.1 Å². The van der Waals surface area contributed by atoms with E-state index >= 15 is 0 Å². The summed E-state index contributed by atoms with van der Waals surface area (Å²) in [6.45, 7) is 3.33. The third kappa shape index (κ3) is 3.12. The molecule has 0 aliphatic carbocycles. The molecule has 4 aromatic heterocycles. The average Bonchev–Trinajstić information content (AvgIpc) is 3.49. The molecular weight excluding hydrogens is 430 g/mol. The number of β-amino-alcohol motifs (C(OH)–C–C–N with tert-alkyl or cyclic N) is 1. The number of aliphatic hydroxyl groups is 1. The number of aliphatic hydroxyl groups excluding tert-OH is 1. The molecular formula is C25H25N7O2. The number of nitrogens with zero attached hydrogens (tertiary/aromatic N) is 7. The molecule has 1 aromatic carbocycles. The number of benzene rings is 1. The van der Waals surface area contributed by atoms with Crippen molar-refractivity contribution in [2.75, 3.05) is 18.0 Å². The molecule has 0 saturated carbocycles. The molecule has 9 heteroatoms. The van der Waals surface area contributed by atoms with Gasteiger partial charge >= 0.3 is 5.69 Å². The first-order chi connectivity index (χ1) is 16.4. The van der Waals surface area contributed by atoms with Crippen molar-refractivity contribution in [1.82, 2.24) is 28.9 Å². The molecule has 1 saturated heterocycles. The summed E-state index contributed by atoms with van der Waals surface area (Å²) in [5.74, 6) is 0.870. The van der Waals surface area contributed by atoms with Gasteiger partial charge in [0.05, 0.1) is 40.2 Å². The van der Waals surface area contributed by atoms with Gasteiger partial charge in [0.2, 0.25) is 0 Å². The normalized spacial score (nSPS) is 16.2. The third-order valence-corrected chi connectivity index (χ3v) is 6.68. The summed E-state index contributed by atoms with van der Waals surface area (Å²) in [5.41, 5.74) is 5.76. The lowest BCUT2D eigenvalue weighted by Crippen LogP contribution is -2.21. The SMILES string of the molecule is Cc1nn(C)cc1-n1c(=O)n(C)c2cnc3ccc(-c4ccc(N5CCC(O)C5)nc4)cc3c21. The number of anilines is 1. The van der Waals surface area contributed by atoms with E-state index in [0.717, 1.165) is 63.2 Å². The number of aryl methyl sites for hydroxylation is 3. The topological polar surface area (TPSA) is 94.0 Å². The fraction of sp³-hybridized carbons (Fsp3) is 0.280. The van der Waals surface area contributed by atoms with Gasteiger partial charge in [-0.05, 0) is 43.2 Å². The van der Waals surface area contributed by atoms with Gasteiger partial charge < -0.3 is 10.0 Å². The van der Waals surface area contributed by atoms with Crippen LogP contribution in [0.2, 0.25) is 0 Å². The molecule has 1 aliphatic rings. The van der Waals surface area contributed by atoms with E-state index in [2.05, 4.69) is 26.0 Å². The van der Waals surface area contributed by atoms with E-state index < -0.39 is 0 Å². The Labute approximate surface area is 195 Å². The van der Waals surface area contributed by atoms with Gasteiger partial charge in [-0.2, -0.15) is 5.10 Å². The monoisotopic (exact) mass is 455 g/mol. The second-order valence-electron chi connectivity index (χ2n) is 8.97. The maximum atomic E-state index is 13.3. The molecule has 0 radical (unpaired) electrons. The van der Waals surface area contributed by atoms with Crippen LogP contribution >= 0.6 is 0 Å². The van der Waals surface area contributed by atoms with Crippen molar-refractivity contribution in [1.29, 1.82) is 0 Å². The standard InChI is InChI=1S/C25H25N7O2/c1-15-22(14-29(2)28-15)32-24-19-10-16(4-6-20(19)26-12-21(24)30(3)25(32)34)17-5-7-23(27-11-17)31-9-8-18(33)13-31/h4-7,10-12,14,18,33H,8-9,13H2,1-3H3. The number of hydrogen-bond donors (Lipinski definition) is 1. The van der Waals surface area contributed by atoms with E-state index in [9.17, 15) is 9.90 Å². The minimum Gasteiger partial charge on any atom is -0.391 e. The molecule has 1 N–H and O–H groups in total. The highest BCUT2D eigenvalue weighted by Crippen LogP contribution is 2.30. The largest absolute Gasteiger partial charge is 0.391 e. The Morgan fingerprint density at radius 3 is 2.56 bits per heavy atom. The molecule has 1 atom stereocenters. The Bertz CT molecular complexity index is 1610. The molecule has 0 bridgehead atoms. The van der Waals surface area contributed by atoms with Crippen molar-refractivity contribution < 1.29 is 5.11 Å². The quantitative estimate of drug-likeness (QED) is 0.449. The van der Waals surface area contributed by atoms with Gasteiger partial charge in [0, 0.05) is 50.5 Å². The smallest absolute Gasteiger partial charge is 0.333 e. The summed E-state index contributed by atoms with van der Waals surface area (Å²) in [5, 5.41) is 15.1. The third-order valence-electron chi connectivity index (χ3n) is 6.68. The van der Waals surface area contributed by atoms with Crippen LogP contribution in [-0.2, 0) is 14.1 Å². The average molecular weight is 456 g/mol. The van der Waals surface area contributed by atoms with Gasteiger partial charge in [0.1, 0.15) is 5.82 Å². The number of imidazole rings is 1. The molecule has 1 fully saturated rings. The van der Waals surface area contributed by atoms with Gasteiger partial charge in [0.15, 0.2) is 0 Å². The number of hydrogen-bond acceptors (Lipinski definition) is 6. The van der Waals surface area contributed by atoms with Gasteiger partial charge in [-0.25, -0.2) is 9.78 Å². The fourth-order valence-corrected chi connectivity index (χ4v) is 4.90. The summed E-state index contributed by atoms with van der Waals surface area (Å²) in [4.78, 5) is 24.6. The van der Waals surface area contributed by atoms with Crippen LogP contribution in [-0.4, -0.2) is 53.2 Å². The zero-order valence-corrected chi connectivity index (χ0v) is 19.3. The number of pyridine rings is 2. The van der Waals surface area contributed by atoms with Crippen LogP contribution in [0.3, 0.4) is 0 Å². The summed E-state index contributed by atoms with van der Waals surface area (Å²) in [7, 11) is 3.62. The van der Waals surface area contributed by atoms with E-state index in [1.807, 2.05) is 50.6 Å². The molecule has 6 rings (SSSR count). The Morgan fingerprint density at radius 1 is 1.06 bits per heavy atom. The maximum Gasteiger partial charge on any atom is 0.333 e. The van der Waals surface area contributed by atoms with E-state index in [0.29, 0.717) is 6.54 Å². The van der Waals surface area contributed by atoms with Crippen LogP contribution in [0, 0.1) is 6.92 Å². The molecule has 172 valence electrons. The zero-order valence-electron chi connectivity index (χ0n) is 19.3. The number of rotatable bonds is 3. The Morgan fingerprint density at radius 2 is 1.88 bits per heavy atom. The number of fused-ring (bicyclic) bond motifs is 3. The second kappa shape index (κ2) is 7.53. The summed E-state index contributed by atoms with van der Waals surface area (Å²) < 4.78 is 5.07. The van der Waals surface area contributed by atoms with Crippen molar-refractivity contribution in [2.45, 2.75) is 19.4 Å². The van der Waals surface area contributed by atoms with Crippen molar-refractivity contribution in [3.63, 3.8) is 0 Å². The first-order valence-corrected chi connectivity index (χ1v) is 11.3. The van der Waals surface area contributed by atoms with Crippen molar-refractivity contribution >= 4 is 27.8 Å². The van der Waals surface area contributed by atoms with Crippen LogP contribution in [0.5, 0.6) is 0 Å². The zero-order chi connectivity index (χ0) is 23.6. The molecule has 9 nitrogen and oxygen atoms in total. The van der Waals surface area contributed by atoms with Crippen LogP contribution in [0.25, 0.3) is 38.8 Å². The Balaban J connectivity index is 1.52. The van der Waals surface area contributed by atoms with Gasteiger partial charge in [-0.3, -0.25) is 18.8 Å². The maximum absolute atomic E-state index is 13.3. The van der Waals surface area contributed by atoms with E-state index in [1.54, 1.807) is 27.1 Å². The highest BCUT2D eigenvalue weighted by molar-refractivity contribution is 6.04. The summed E-state index contributed by atoms with van der Waals surface area (Å²) >= 11 is 0. The fourth-order valence-electron chi connectivity index (χ4n) is 4.90. The molecule has 0 spiro atoms. The van der Waals surface area contributed by atoms with Crippen LogP contribution in [0.15, 0.2) is 53.7 Å². The molecule has 1 aliphatic heterocycles. The second-order valence-corrected chi connectivity index (χ2v) is 8.97. The summed E-state index contributed by atoms with van der Waals surface area (Å²) in [6, 6.07) is 10.1. The predicted octanol–water partition coefficient (Wildman–Crippen LogP) is 2.55. The van der Waals surface area contributed by atoms with Crippen molar-refractivity contribution in [2.24, 2.45) is 14.1 Å². The van der Waals surface area contributed by atoms with E-state index in [4.69, 9.17) is 0 Å².